The third-order valence-corrected chi connectivity index (χ3v) is 5.48. The van der Waals surface area contributed by atoms with Crippen molar-refractivity contribution in [3.63, 3.8) is 0 Å². The lowest BCUT2D eigenvalue weighted by molar-refractivity contribution is 0.160. The number of ether oxygens (including phenoxy) is 2. The molecule has 4 nitrogen and oxygen atoms in total. The number of aliphatic hydroxyl groups excluding tert-OH is 1. The van der Waals surface area contributed by atoms with Gasteiger partial charge in [-0.3, -0.25) is 0 Å². The van der Waals surface area contributed by atoms with Crippen LogP contribution in [-0.2, 0) is 0 Å². The van der Waals surface area contributed by atoms with Crippen LogP contribution in [0.2, 0.25) is 10.0 Å². The Morgan fingerprint density at radius 3 is 1.90 bits per heavy atom. The first-order valence-corrected chi connectivity index (χ1v) is 9.93. The Hall–Kier alpha value is -2.40. The maximum Gasteiger partial charge on any atom is 0.119 e. The molecule has 29 heavy (non-hydrogen) atoms. The standard InChI is InChI=1S/C23H23Cl2NO3/c1-28-18-8-3-15(4-9-18)23(27)14-22(16-5-12-20(24)21(25)13-16)26-17-6-10-19(29-2)11-7-17/h3-13,22-23,26-27H,14H2,1-2H3. The zero-order chi connectivity index (χ0) is 20.8. The van der Waals surface area contributed by atoms with Crippen LogP contribution in [0.3, 0.4) is 0 Å². The second kappa shape index (κ2) is 9.88. The minimum absolute atomic E-state index is 0.185. The number of hydrogen-bond donors (Lipinski definition) is 2. The van der Waals surface area contributed by atoms with Crippen molar-refractivity contribution in [3.8, 4) is 11.5 Å². The van der Waals surface area contributed by atoms with Crippen molar-refractivity contribution in [2.24, 2.45) is 0 Å². The third kappa shape index (κ3) is 5.57. The summed E-state index contributed by atoms with van der Waals surface area (Å²) in [7, 11) is 3.25. The first-order chi connectivity index (χ1) is 14.0. The van der Waals surface area contributed by atoms with Crippen LogP contribution in [0.5, 0.6) is 11.5 Å². The number of benzene rings is 3. The Balaban J connectivity index is 1.85. The van der Waals surface area contributed by atoms with Gasteiger partial charge in [-0.15, -0.1) is 0 Å². The minimum Gasteiger partial charge on any atom is -0.497 e. The van der Waals surface area contributed by atoms with Gasteiger partial charge >= 0.3 is 0 Å². The quantitative estimate of drug-likeness (QED) is 0.440. The topological polar surface area (TPSA) is 50.7 Å². The van der Waals surface area contributed by atoms with E-state index < -0.39 is 6.10 Å². The normalized spacial score (nSPS) is 12.9. The van der Waals surface area contributed by atoms with Gasteiger partial charge in [0.25, 0.3) is 0 Å². The lowest BCUT2D eigenvalue weighted by Gasteiger charge is -2.24. The molecule has 0 aromatic heterocycles. The summed E-state index contributed by atoms with van der Waals surface area (Å²) in [5.41, 5.74) is 2.65. The summed E-state index contributed by atoms with van der Waals surface area (Å²) in [5.74, 6) is 1.53. The highest BCUT2D eigenvalue weighted by atomic mass is 35.5. The summed E-state index contributed by atoms with van der Waals surface area (Å²) in [6.07, 6.45) is -0.234. The van der Waals surface area contributed by atoms with Crippen LogP contribution in [-0.4, -0.2) is 19.3 Å². The van der Waals surface area contributed by atoms with E-state index in [9.17, 15) is 5.11 Å². The number of anilines is 1. The smallest absolute Gasteiger partial charge is 0.119 e. The Morgan fingerprint density at radius 1 is 0.793 bits per heavy atom. The van der Waals surface area contributed by atoms with Gasteiger partial charge in [0.05, 0.1) is 36.4 Å². The Morgan fingerprint density at radius 2 is 1.34 bits per heavy atom. The summed E-state index contributed by atoms with van der Waals surface area (Å²) in [6, 6.07) is 20.4. The average molecular weight is 432 g/mol. The monoisotopic (exact) mass is 431 g/mol. The van der Waals surface area contributed by atoms with E-state index >= 15 is 0 Å². The van der Waals surface area contributed by atoms with Gasteiger partial charge in [-0.25, -0.2) is 0 Å². The molecule has 2 N–H and O–H groups in total. The molecule has 0 aliphatic rings. The fourth-order valence-electron chi connectivity index (χ4n) is 3.08. The molecule has 0 radical (unpaired) electrons. The molecule has 3 aromatic carbocycles. The van der Waals surface area contributed by atoms with Gasteiger partial charge in [-0.2, -0.15) is 0 Å². The molecule has 2 atom stereocenters. The van der Waals surface area contributed by atoms with Gasteiger partial charge < -0.3 is 19.9 Å². The fraction of sp³-hybridized carbons (Fsp3) is 0.217. The SMILES string of the molecule is COc1ccc(NC(CC(O)c2ccc(OC)cc2)c2ccc(Cl)c(Cl)c2)cc1. The van der Waals surface area contributed by atoms with Crippen molar-refractivity contribution in [1.82, 2.24) is 0 Å². The fourth-order valence-corrected chi connectivity index (χ4v) is 3.39. The van der Waals surface area contributed by atoms with Gasteiger partial charge in [-0.05, 0) is 59.7 Å². The maximum absolute atomic E-state index is 10.8. The van der Waals surface area contributed by atoms with Crippen LogP contribution >= 0.6 is 23.2 Å². The molecule has 0 amide bonds. The molecule has 0 saturated heterocycles. The number of aliphatic hydroxyl groups is 1. The summed E-state index contributed by atoms with van der Waals surface area (Å²) < 4.78 is 10.4. The molecular weight excluding hydrogens is 409 g/mol. The van der Waals surface area contributed by atoms with Crippen molar-refractivity contribution in [2.45, 2.75) is 18.6 Å². The molecular formula is C23H23Cl2NO3. The van der Waals surface area contributed by atoms with Gasteiger partial charge in [0.15, 0.2) is 0 Å². The third-order valence-electron chi connectivity index (χ3n) is 4.74. The molecule has 0 aliphatic carbocycles. The highest BCUT2D eigenvalue weighted by Crippen LogP contribution is 2.33. The Bertz CT molecular complexity index is 930. The maximum atomic E-state index is 10.8. The summed E-state index contributed by atoms with van der Waals surface area (Å²) in [5, 5.41) is 15.3. The van der Waals surface area contributed by atoms with Crippen LogP contribution in [0.15, 0.2) is 66.7 Å². The molecule has 3 rings (SSSR count). The highest BCUT2D eigenvalue weighted by molar-refractivity contribution is 6.42. The van der Waals surface area contributed by atoms with Crippen molar-refractivity contribution in [2.75, 3.05) is 19.5 Å². The number of halogens is 2. The Labute approximate surface area is 181 Å². The molecule has 0 spiro atoms. The highest BCUT2D eigenvalue weighted by Gasteiger charge is 2.19. The predicted octanol–water partition coefficient (Wildman–Crippen LogP) is 6.29. The van der Waals surface area contributed by atoms with Gasteiger partial charge in [-0.1, -0.05) is 41.4 Å². The summed E-state index contributed by atoms with van der Waals surface area (Å²) in [6.45, 7) is 0. The van der Waals surface area contributed by atoms with Crippen LogP contribution < -0.4 is 14.8 Å². The molecule has 2 unspecified atom stereocenters. The molecule has 0 saturated carbocycles. The molecule has 0 heterocycles. The molecule has 0 aliphatic heterocycles. The van der Waals surface area contributed by atoms with Gasteiger partial charge in [0, 0.05) is 12.1 Å². The second-order valence-corrected chi connectivity index (χ2v) is 7.44. The zero-order valence-corrected chi connectivity index (χ0v) is 17.7. The molecule has 0 bridgehead atoms. The molecule has 152 valence electrons. The van der Waals surface area contributed by atoms with E-state index in [1.165, 1.54) is 0 Å². The van der Waals surface area contributed by atoms with E-state index in [0.717, 1.165) is 28.3 Å². The van der Waals surface area contributed by atoms with Crippen LogP contribution in [0, 0.1) is 0 Å². The van der Waals surface area contributed by atoms with Crippen LogP contribution in [0.25, 0.3) is 0 Å². The average Bonchev–Trinajstić information content (AvgIpc) is 2.75. The van der Waals surface area contributed by atoms with E-state index in [0.29, 0.717) is 16.5 Å². The van der Waals surface area contributed by atoms with Gasteiger partial charge in [0.1, 0.15) is 11.5 Å². The largest absolute Gasteiger partial charge is 0.497 e. The zero-order valence-electron chi connectivity index (χ0n) is 16.2. The lowest BCUT2D eigenvalue weighted by Crippen LogP contribution is -2.15. The van der Waals surface area contributed by atoms with Gasteiger partial charge in [0.2, 0.25) is 0 Å². The summed E-state index contributed by atoms with van der Waals surface area (Å²) in [4.78, 5) is 0. The van der Waals surface area contributed by atoms with Crippen molar-refractivity contribution < 1.29 is 14.6 Å². The Kier molecular flexibility index (Phi) is 7.26. The number of methoxy groups -OCH3 is 2. The van der Waals surface area contributed by atoms with Crippen LogP contribution in [0.4, 0.5) is 5.69 Å². The molecule has 0 fully saturated rings. The van der Waals surface area contributed by atoms with E-state index in [1.54, 1.807) is 20.3 Å². The van der Waals surface area contributed by atoms with E-state index in [4.69, 9.17) is 32.7 Å². The number of nitrogens with one attached hydrogen (secondary N) is 1. The van der Waals surface area contributed by atoms with Crippen LogP contribution in [0.1, 0.15) is 29.7 Å². The van der Waals surface area contributed by atoms with Crippen molar-refractivity contribution in [1.29, 1.82) is 0 Å². The van der Waals surface area contributed by atoms with Crippen molar-refractivity contribution in [3.05, 3.63) is 87.9 Å². The first-order valence-electron chi connectivity index (χ1n) is 9.17. The number of hydrogen-bond acceptors (Lipinski definition) is 4. The second-order valence-electron chi connectivity index (χ2n) is 6.62. The molecule has 6 heteroatoms. The first kappa shape index (κ1) is 21.3. The molecule has 3 aromatic rings. The van der Waals surface area contributed by atoms with E-state index in [-0.39, 0.29) is 6.04 Å². The lowest BCUT2D eigenvalue weighted by atomic mass is 9.96. The van der Waals surface area contributed by atoms with E-state index in [1.807, 2.05) is 60.7 Å². The van der Waals surface area contributed by atoms with E-state index in [2.05, 4.69) is 5.32 Å². The number of rotatable bonds is 8. The van der Waals surface area contributed by atoms with Crippen molar-refractivity contribution >= 4 is 28.9 Å². The summed E-state index contributed by atoms with van der Waals surface area (Å²) >= 11 is 12.3. The minimum atomic E-state index is -0.675. The predicted molar refractivity (Wildman–Crippen MR) is 118 cm³/mol.